The molecule has 36 heavy (non-hydrogen) atoms. The molecule has 0 saturated heterocycles. The van der Waals surface area contributed by atoms with Crippen molar-refractivity contribution in [2.75, 3.05) is 0 Å². The number of carbonyl (C=O) groups is 1. The van der Waals surface area contributed by atoms with Crippen molar-refractivity contribution in [1.29, 1.82) is 0 Å². The second-order valence-electron chi connectivity index (χ2n) is 13.9. The lowest BCUT2D eigenvalue weighted by Gasteiger charge is -2.60. The van der Waals surface area contributed by atoms with Crippen LogP contribution in [0.25, 0.3) is 0 Å². The summed E-state index contributed by atoms with van der Waals surface area (Å²) in [6.07, 6.45) is 0.520. The Morgan fingerprint density at radius 3 is 2.19 bits per heavy atom. The molecule has 3 saturated carbocycles. The molecule has 0 aromatic heterocycles. The fourth-order valence-corrected chi connectivity index (χ4v) is 8.37. The fraction of sp³-hybridized carbons (Fsp3) is 0.893. The first-order valence-electron chi connectivity index (χ1n) is 13.4. The number of hydrogen-bond donors (Lipinski definition) is 7. The summed E-state index contributed by atoms with van der Waals surface area (Å²) in [6, 6.07) is 0. The van der Waals surface area contributed by atoms with Crippen molar-refractivity contribution in [3.05, 3.63) is 11.6 Å². The molecule has 8 nitrogen and oxygen atoms in total. The summed E-state index contributed by atoms with van der Waals surface area (Å²) in [5.74, 6) is -1.21. The molecule has 0 radical (unpaired) electrons. The lowest BCUT2D eigenvalue weighted by atomic mass is 9.45. The summed E-state index contributed by atoms with van der Waals surface area (Å²) in [6.45, 7) is 9.76. The maximum Gasteiger partial charge on any atom is 0.159 e. The molecule has 11 atom stereocenters. The van der Waals surface area contributed by atoms with Gasteiger partial charge in [-0.3, -0.25) is 4.79 Å². The normalized spacial score (nSPS) is 47.1. The molecular weight excluding hydrogens is 464 g/mol. The third-order valence-electron chi connectivity index (χ3n) is 11.4. The number of rotatable bonds is 5. The van der Waals surface area contributed by atoms with E-state index in [4.69, 9.17) is 0 Å². The van der Waals surface area contributed by atoms with Gasteiger partial charge in [0, 0.05) is 17.8 Å². The van der Waals surface area contributed by atoms with Crippen LogP contribution in [0.1, 0.15) is 86.5 Å². The van der Waals surface area contributed by atoms with Gasteiger partial charge in [0.25, 0.3) is 0 Å². The Morgan fingerprint density at radius 2 is 1.61 bits per heavy atom. The van der Waals surface area contributed by atoms with Gasteiger partial charge in [-0.2, -0.15) is 0 Å². The van der Waals surface area contributed by atoms with Crippen LogP contribution >= 0.6 is 0 Å². The fourth-order valence-electron chi connectivity index (χ4n) is 8.37. The number of aliphatic hydroxyl groups excluding tert-OH is 3. The smallest absolute Gasteiger partial charge is 0.159 e. The van der Waals surface area contributed by atoms with Crippen molar-refractivity contribution in [1.82, 2.24) is 0 Å². The molecule has 8 heteroatoms. The van der Waals surface area contributed by atoms with Gasteiger partial charge in [0.15, 0.2) is 5.78 Å². The van der Waals surface area contributed by atoms with Gasteiger partial charge < -0.3 is 35.7 Å². The lowest BCUT2D eigenvalue weighted by Crippen LogP contribution is -2.63. The summed E-state index contributed by atoms with van der Waals surface area (Å²) < 4.78 is 0. The van der Waals surface area contributed by atoms with Crippen molar-refractivity contribution in [3.8, 4) is 0 Å². The second-order valence-corrected chi connectivity index (χ2v) is 13.9. The minimum Gasteiger partial charge on any atom is -0.390 e. The van der Waals surface area contributed by atoms with Crippen LogP contribution in [0.15, 0.2) is 11.6 Å². The maximum absolute atomic E-state index is 13.3. The Balaban J connectivity index is 1.68. The molecule has 7 N–H and O–H groups in total. The molecule has 0 amide bonds. The highest BCUT2D eigenvalue weighted by Gasteiger charge is 2.69. The predicted molar refractivity (Wildman–Crippen MR) is 133 cm³/mol. The van der Waals surface area contributed by atoms with Crippen LogP contribution in [0.3, 0.4) is 0 Å². The number of aliphatic hydroxyl groups is 7. The molecule has 0 heterocycles. The monoisotopic (exact) mass is 510 g/mol. The number of hydrogen-bond acceptors (Lipinski definition) is 8. The van der Waals surface area contributed by atoms with E-state index in [1.165, 1.54) is 27.7 Å². The predicted octanol–water partition coefficient (Wildman–Crippen LogP) is 1.21. The minimum absolute atomic E-state index is 0.134. The Bertz CT molecular complexity index is 934. The number of carbonyl (C=O) groups excluding carboxylic acids is 1. The van der Waals surface area contributed by atoms with E-state index in [1.807, 2.05) is 13.8 Å². The molecule has 206 valence electrons. The van der Waals surface area contributed by atoms with E-state index in [-0.39, 0.29) is 31.0 Å². The molecule has 2 unspecified atom stereocenters. The van der Waals surface area contributed by atoms with Gasteiger partial charge >= 0.3 is 0 Å². The second kappa shape index (κ2) is 8.31. The van der Waals surface area contributed by atoms with Crippen molar-refractivity contribution in [3.63, 3.8) is 0 Å². The van der Waals surface area contributed by atoms with Gasteiger partial charge in [-0.1, -0.05) is 13.8 Å². The van der Waals surface area contributed by atoms with Crippen LogP contribution in [-0.2, 0) is 4.79 Å². The quantitative estimate of drug-likeness (QED) is 0.291. The van der Waals surface area contributed by atoms with E-state index in [0.717, 1.165) is 0 Å². The average Bonchev–Trinajstić information content (AvgIpc) is 3.01. The first kappa shape index (κ1) is 28.1. The zero-order valence-electron chi connectivity index (χ0n) is 22.5. The van der Waals surface area contributed by atoms with Gasteiger partial charge in [-0.25, -0.2) is 0 Å². The molecule has 4 aliphatic rings. The highest BCUT2D eigenvalue weighted by Crippen LogP contribution is 2.68. The van der Waals surface area contributed by atoms with Gasteiger partial charge in [0.05, 0.1) is 40.7 Å². The van der Waals surface area contributed by atoms with Crippen molar-refractivity contribution >= 4 is 5.78 Å². The third kappa shape index (κ3) is 3.78. The first-order valence-corrected chi connectivity index (χ1v) is 13.4. The molecule has 0 aromatic rings. The molecular formula is C28H46O8. The summed E-state index contributed by atoms with van der Waals surface area (Å²) in [7, 11) is 0. The highest BCUT2D eigenvalue weighted by atomic mass is 16.4. The van der Waals surface area contributed by atoms with Crippen LogP contribution in [0.5, 0.6) is 0 Å². The van der Waals surface area contributed by atoms with E-state index in [1.54, 1.807) is 6.08 Å². The Hall–Kier alpha value is -0.870. The minimum atomic E-state index is -1.67. The molecule has 0 spiro atoms. The van der Waals surface area contributed by atoms with E-state index in [0.29, 0.717) is 31.3 Å². The lowest BCUT2D eigenvalue weighted by molar-refractivity contribution is -0.197. The van der Waals surface area contributed by atoms with Crippen molar-refractivity contribution in [2.24, 2.45) is 28.6 Å². The van der Waals surface area contributed by atoms with Crippen LogP contribution in [0.2, 0.25) is 0 Å². The molecule has 0 bridgehead atoms. The van der Waals surface area contributed by atoms with Crippen LogP contribution < -0.4 is 0 Å². The summed E-state index contributed by atoms with van der Waals surface area (Å²) in [4.78, 5) is 13.3. The average molecular weight is 511 g/mol. The van der Waals surface area contributed by atoms with E-state index >= 15 is 0 Å². The van der Waals surface area contributed by atoms with Gasteiger partial charge in [0.2, 0.25) is 0 Å². The maximum atomic E-state index is 13.3. The van der Waals surface area contributed by atoms with Crippen LogP contribution in [0.4, 0.5) is 0 Å². The van der Waals surface area contributed by atoms with Crippen molar-refractivity contribution in [2.45, 2.75) is 127 Å². The first-order chi connectivity index (χ1) is 16.2. The molecule has 4 aliphatic carbocycles. The zero-order chi connectivity index (χ0) is 27.3. The number of fused-ring (bicyclic) bond motifs is 5. The molecule has 0 aromatic carbocycles. The zero-order valence-corrected chi connectivity index (χ0v) is 22.5. The molecule has 4 rings (SSSR count). The van der Waals surface area contributed by atoms with Crippen LogP contribution in [-0.4, -0.2) is 82.2 Å². The largest absolute Gasteiger partial charge is 0.390 e. The van der Waals surface area contributed by atoms with Gasteiger partial charge in [0.1, 0.15) is 0 Å². The summed E-state index contributed by atoms with van der Waals surface area (Å²) >= 11 is 0. The number of ketones is 1. The standard InChI is InChI=1S/C28H46O8/c1-23(2,33)26(5,34)14-22(32)27(6,35)21-8-10-28(36)16-11-18(29)17-12-19(30)20(31)13-24(17,3)15(16)7-9-25(21,28)4/h11,15,17,19-22,30-36H,7-10,12-14H2,1-6H3/t15-,17-,19+,20-,21-,22+,24+,25+,26?,27?,28+/m0/s1. The van der Waals surface area contributed by atoms with Gasteiger partial charge in [-0.15, -0.1) is 0 Å². The molecule has 3 fully saturated rings. The summed E-state index contributed by atoms with van der Waals surface area (Å²) in [5.41, 5.74) is -6.96. The SMILES string of the molecule is CC(O)([C@H](O)CC(C)(O)C(C)(C)O)[C@H]1CC[C@@]2(O)C3=CC(=O)[C@@H]4C[C@@H](O)[C@@H](O)C[C@]4(C)[C@H]3CC[C@]12C. The van der Waals surface area contributed by atoms with E-state index < -0.39 is 63.4 Å². The molecule has 0 aliphatic heterocycles. The van der Waals surface area contributed by atoms with Crippen molar-refractivity contribution < 1.29 is 40.5 Å². The Morgan fingerprint density at radius 1 is 1.00 bits per heavy atom. The third-order valence-corrected chi connectivity index (χ3v) is 11.4. The van der Waals surface area contributed by atoms with Crippen LogP contribution in [0, 0.1) is 28.6 Å². The summed E-state index contributed by atoms with van der Waals surface area (Å²) in [5, 5.41) is 76.9. The number of allylic oxidation sites excluding steroid dienone is 1. The highest BCUT2D eigenvalue weighted by molar-refractivity contribution is 5.95. The van der Waals surface area contributed by atoms with Gasteiger partial charge in [-0.05, 0) is 95.1 Å². The Labute approximate surface area is 214 Å². The Kier molecular flexibility index (Phi) is 6.50. The topological polar surface area (TPSA) is 159 Å². The van der Waals surface area contributed by atoms with E-state index in [9.17, 15) is 40.5 Å². The van der Waals surface area contributed by atoms with E-state index in [2.05, 4.69) is 0 Å².